The summed E-state index contributed by atoms with van der Waals surface area (Å²) in [5, 5.41) is 4.72. The molecule has 0 spiro atoms. The summed E-state index contributed by atoms with van der Waals surface area (Å²) in [5.41, 5.74) is 2.50. The molecule has 0 radical (unpaired) electrons. The molecule has 1 saturated heterocycles. The third-order valence-electron chi connectivity index (χ3n) is 11.1. The summed E-state index contributed by atoms with van der Waals surface area (Å²) in [7, 11) is 0. The number of nitrogens with zero attached hydrogens (tertiary/aromatic N) is 6. The number of pyridine rings is 1. The highest BCUT2D eigenvalue weighted by Gasteiger charge is 2.66. The van der Waals surface area contributed by atoms with Gasteiger partial charge in [0.05, 0.1) is 23.7 Å². The van der Waals surface area contributed by atoms with Gasteiger partial charge in [-0.25, -0.2) is 18.7 Å². The maximum absolute atomic E-state index is 16.5. The van der Waals surface area contributed by atoms with Crippen LogP contribution in [-0.2, 0) is 33.3 Å². The number of rotatable bonds is 5. The smallest absolute Gasteiger partial charge is 0.275 e. The minimum Gasteiger partial charge on any atom is -0.327 e. The van der Waals surface area contributed by atoms with Gasteiger partial charge in [-0.1, -0.05) is 12.5 Å². The topological polar surface area (TPSA) is 128 Å². The van der Waals surface area contributed by atoms with Gasteiger partial charge in [0.2, 0.25) is 5.91 Å². The van der Waals surface area contributed by atoms with Gasteiger partial charge in [0.15, 0.2) is 11.6 Å². The van der Waals surface area contributed by atoms with Crippen LogP contribution < -0.4 is 0 Å². The molecular formula is C39H42F2N6O4. The average Bonchev–Trinajstić information content (AvgIpc) is 3.50. The van der Waals surface area contributed by atoms with Crippen LogP contribution in [-0.4, -0.2) is 65.0 Å². The van der Waals surface area contributed by atoms with Crippen LogP contribution in [0, 0.1) is 26.2 Å². The first-order chi connectivity index (χ1) is 24.3. The molecule has 2 bridgehead atoms. The molecule has 2 fully saturated rings. The van der Waals surface area contributed by atoms with Gasteiger partial charge in [-0.2, -0.15) is 5.10 Å². The molecule has 3 aliphatic rings. The summed E-state index contributed by atoms with van der Waals surface area (Å²) in [6, 6.07) is 5.81. The number of ketones is 3. The number of aromatic nitrogens is 5. The number of amides is 1. The molecule has 1 aliphatic carbocycles. The molecule has 266 valence electrons. The Labute approximate surface area is 295 Å². The molecule has 3 atom stereocenters. The van der Waals surface area contributed by atoms with Gasteiger partial charge in [0.1, 0.15) is 23.8 Å². The lowest BCUT2D eigenvalue weighted by Crippen LogP contribution is -2.45. The van der Waals surface area contributed by atoms with Crippen molar-refractivity contribution in [3.8, 4) is 11.1 Å². The maximum Gasteiger partial charge on any atom is 0.275 e. The van der Waals surface area contributed by atoms with Gasteiger partial charge in [0.25, 0.3) is 5.92 Å². The van der Waals surface area contributed by atoms with Crippen LogP contribution in [0.25, 0.3) is 22.0 Å². The van der Waals surface area contributed by atoms with E-state index in [4.69, 9.17) is 0 Å². The number of aryl methyl sites for hydroxylation is 3. The van der Waals surface area contributed by atoms with Gasteiger partial charge in [-0.15, -0.1) is 0 Å². The Morgan fingerprint density at radius 1 is 0.941 bits per heavy atom. The first kappa shape index (κ1) is 34.7. The molecule has 51 heavy (non-hydrogen) atoms. The van der Waals surface area contributed by atoms with Crippen LogP contribution >= 0.6 is 0 Å². The number of benzene rings is 1. The molecule has 0 N–H and O–H groups in total. The van der Waals surface area contributed by atoms with Gasteiger partial charge < -0.3 is 4.90 Å². The van der Waals surface area contributed by atoms with Gasteiger partial charge in [-0.05, 0) is 87.6 Å². The molecule has 12 heteroatoms. The van der Waals surface area contributed by atoms with E-state index in [0.29, 0.717) is 67.6 Å². The van der Waals surface area contributed by atoms with Crippen LogP contribution in [0.3, 0.4) is 0 Å². The first-order valence-electron chi connectivity index (χ1n) is 17.8. The second kappa shape index (κ2) is 13.1. The molecule has 2 aliphatic heterocycles. The normalized spacial score (nSPS) is 23.6. The Kier molecular flexibility index (Phi) is 8.91. The largest absolute Gasteiger partial charge is 0.327 e. The van der Waals surface area contributed by atoms with Crippen molar-refractivity contribution in [2.75, 3.05) is 0 Å². The average molecular weight is 697 g/mol. The van der Waals surface area contributed by atoms with Crippen molar-refractivity contribution in [3.63, 3.8) is 0 Å². The predicted molar refractivity (Wildman–Crippen MR) is 185 cm³/mol. The monoisotopic (exact) mass is 696 g/mol. The zero-order valence-electron chi connectivity index (χ0n) is 29.5. The molecule has 4 aromatic rings. The minimum atomic E-state index is -3.36. The summed E-state index contributed by atoms with van der Waals surface area (Å²) in [5.74, 6) is -3.78. The van der Waals surface area contributed by atoms with Crippen molar-refractivity contribution in [3.05, 3.63) is 70.7 Å². The van der Waals surface area contributed by atoms with E-state index in [1.807, 2.05) is 26.0 Å². The number of Topliss-reactive ketones (excluding diaryl/α,β-unsaturated/α-hetero) is 3. The van der Waals surface area contributed by atoms with Crippen LogP contribution in [0.4, 0.5) is 8.78 Å². The molecule has 1 aromatic carbocycles. The Morgan fingerprint density at radius 2 is 1.71 bits per heavy atom. The van der Waals surface area contributed by atoms with Crippen molar-refractivity contribution in [2.45, 2.75) is 116 Å². The lowest BCUT2D eigenvalue weighted by atomic mass is 9.89. The van der Waals surface area contributed by atoms with Crippen molar-refractivity contribution in [1.82, 2.24) is 29.6 Å². The van der Waals surface area contributed by atoms with Crippen molar-refractivity contribution < 1.29 is 28.0 Å². The lowest BCUT2D eigenvalue weighted by molar-refractivity contribution is -0.139. The number of piperidine rings is 1. The Bertz CT molecular complexity index is 2080. The second-order valence-corrected chi connectivity index (χ2v) is 14.8. The van der Waals surface area contributed by atoms with Crippen molar-refractivity contribution >= 4 is 34.2 Å². The van der Waals surface area contributed by atoms with Crippen molar-refractivity contribution in [1.29, 1.82) is 0 Å². The van der Waals surface area contributed by atoms with E-state index >= 15 is 8.78 Å². The van der Waals surface area contributed by atoms with E-state index in [1.54, 1.807) is 30.3 Å². The van der Waals surface area contributed by atoms with E-state index in [2.05, 4.69) is 20.1 Å². The standard InChI is InChI=1S/C39H42F2N6O4/c1-22-9-10-23(2)44-31(22)16-33(50)32-17-38-13-11-28(49)8-6-5-7-12-39(40,41)30-15-26(27-19-42-25(4)43-20-27)14-29-36(24(3)48)45-46(37(29)30)21-35(51)47(32)34(38)18-38/h9-10,14-15,19-20,32,34H,5-8,11-13,16-18,21H2,1-4H3/t32-,34+,38-/m0/s1. The third kappa shape index (κ3) is 6.60. The molecular weight excluding hydrogens is 654 g/mol. The zero-order valence-corrected chi connectivity index (χ0v) is 29.5. The highest BCUT2D eigenvalue weighted by molar-refractivity contribution is 6.07. The third-order valence-corrected chi connectivity index (χ3v) is 11.1. The number of carbonyl (C=O) groups is 4. The molecule has 10 nitrogen and oxygen atoms in total. The van der Waals surface area contributed by atoms with E-state index in [1.165, 1.54) is 17.7 Å². The van der Waals surface area contributed by atoms with Gasteiger partial charge >= 0.3 is 0 Å². The van der Waals surface area contributed by atoms with E-state index in [0.717, 1.165) is 11.3 Å². The predicted octanol–water partition coefficient (Wildman–Crippen LogP) is 6.59. The number of halogens is 2. The molecule has 0 unspecified atom stereocenters. The summed E-state index contributed by atoms with van der Waals surface area (Å²) in [6.07, 6.45) is 6.10. The van der Waals surface area contributed by atoms with E-state index in [9.17, 15) is 19.2 Å². The minimum absolute atomic E-state index is 0.0125. The van der Waals surface area contributed by atoms with Crippen LogP contribution in [0.5, 0.6) is 0 Å². The Balaban J connectivity index is 1.33. The zero-order chi connectivity index (χ0) is 36.2. The van der Waals surface area contributed by atoms with Gasteiger partial charge in [0, 0.05) is 66.8 Å². The van der Waals surface area contributed by atoms with Gasteiger partial charge in [-0.3, -0.25) is 28.8 Å². The molecule has 7 rings (SSSR count). The number of alkyl halides is 2. The fourth-order valence-electron chi connectivity index (χ4n) is 8.15. The first-order valence-corrected chi connectivity index (χ1v) is 17.8. The van der Waals surface area contributed by atoms with E-state index < -0.39 is 36.6 Å². The molecule has 3 aromatic heterocycles. The highest BCUT2D eigenvalue weighted by Crippen LogP contribution is 2.62. The summed E-state index contributed by atoms with van der Waals surface area (Å²) in [4.78, 5) is 69.1. The van der Waals surface area contributed by atoms with Crippen LogP contribution in [0.2, 0.25) is 0 Å². The number of hydrogen-bond acceptors (Lipinski definition) is 8. The number of hydrogen-bond donors (Lipinski definition) is 0. The van der Waals surface area contributed by atoms with E-state index in [-0.39, 0.29) is 58.0 Å². The molecule has 1 saturated carbocycles. The van der Waals surface area contributed by atoms with Crippen LogP contribution in [0.15, 0.2) is 36.7 Å². The Morgan fingerprint density at radius 3 is 2.45 bits per heavy atom. The summed E-state index contributed by atoms with van der Waals surface area (Å²) >= 11 is 0. The summed E-state index contributed by atoms with van der Waals surface area (Å²) in [6.45, 7) is 6.37. The lowest BCUT2D eigenvalue weighted by Gasteiger charge is -2.27. The Hall–Kier alpha value is -4.74. The maximum atomic E-state index is 16.5. The fraction of sp³-hybridized carbons (Fsp3) is 0.487. The highest BCUT2D eigenvalue weighted by atomic mass is 19.3. The molecule has 1 amide bonds. The SMILES string of the molecule is CC(=O)c1nn2c3c(cc(-c4cnc(C)nc4)cc13)C(F)(F)CCCCCC(=O)CC[C@@]13C[C@@H](C(=O)Cc4nc(C)ccc4C)N(C(=O)C2)[C@@H]1C3. The second-order valence-electron chi connectivity index (χ2n) is 14.8. The number of carbonyl (C=O) groups excluding carboxylic acids is 4. The van der Waals surface area contributed by atoms with Crippen LogP contribution in [0.1, 0.15) is 104 Å². The van der Waals surface area contributed by atoms with Crippen molar-refractivity contribution in [2.24, 2.45) is 5.41 Å². The molecule has 5 heterocycles. The summed E-state index contributed by atoms with van der Waals surface area (Å²) < 4.78 is 34.2. The fourth-order valence-corrected chi connectivity index (χ4v) is 8.15. The quantitative estimate of drug-likeness (QED) is 0.214.